The topological polar surface area (TPSA) is 132 Å². The van der Waals surface area contributed by atoms with Gasteiger partial charge in [0.2, 0.25) is 5.78 Å². The molecule has 3 atom stereocenters. The molecule has 7 heteroatoms. The lowest BCUT2D eigenvalue weighted by Gasteiger charge is -2.16. The molecule has 0 radical (unpaired) electrons. The standard InChI is InChI=1S/C9H14O7/c1-4(10)5(11)2-6(12)7(13)3-8(14)9(15)16/h4-6,10-12H,2-3H2,1H3,(H,15,16). The summed E-state index contributed by atoms with van der Waals surface area (Å²) in [6.07, 6.45) is -5.46. The van der Waals surface area contributed by atoms with Crippen LogP contribution in [-0.4, -0.2) is 56.3 Å². The summed E-state index contributed by atoms with van der Waals surface area (Å²) in [5, 5.41) is 35.4. The number of aliphatic carboxylic acids is 1. The van der Waals surface area contributed by atoms with Crippen LogP contribution in [0.25, 0.3) is 0 Å². The molecule has 3 unspecified atom stereocenters. The minimum absolute atomic E-state index is 0.441. The molecule has 0 aromatic heterocycles. The van der Waals surface area contributed by atoms with Gasteiger partial charge in [-0.25, -0.2) is 4.79 Å². The van der Waals surface area contributed by atoms with E-state index in [9.17, 15) is 19.5 Å². The first-order valence-corrected chi connectivity index (χ1v) is 4.58. The van der Waals surface area contributed by atoms with E-state index in [1.54, 1.807) is 0 Å². The van der Waals surface area contributed by atoms with Crippen molar-refractivity contribution in [3.63, 3.8) is 0 Å². The van der Waals surface area contributed by atoms with Crippen molar-refractivity contribution in [2.75, 3.05) is 0 Å². The number of Topliss-reactive ketones (excluding diaryl/α,β-unsaturated/α-hetero) is 2. The number of hydrogen-bond donors (Lipinski definition) is 4. The number of aliphatic hydroxyl groups is 3. The first-order valence-electron chi connectivity index (χ1n) is 4.58. The van der Waals surface area contributed by atoms with Gasteiger partial charge in [-0.05, 0) is 6.92 Å². The van der Waals surface area contributed by atoms with Crippen molar-refractivity contribution in [1.29, 1.82) is 0 Å². The average molecular weight is 234 g/mol. The van der Waals surface area contributed by atoms with Crippen molar-refractivity contribution in [2.45, 2.75) is 38.1 Å². The predicted octanol–water partition coefficient (Wildman–Crippen LogP) is -1.91. The fourth-order valence-corrected chi connectivity index (χ4v) is 0.909. The summed E-state index contributed by atoms with van der Waals surface area (Å²) in [4.78, 5) is 31.8. The molecule has 16 heavy (non-hydrogen) atoms. The van der Waals surface area contributed by atoms with E-state index < -0.39 is 48.7 Å². The molecular formula is C9H14O7. The molecule has 0 aromatic carbocycles. The van der Waals surface area contributed by atoms with Crippen LogP contribution in [-0.2, 0) is 14.4 Å². The molecule has 0 saturated heterocycles. The van der Waals surface area contributed by atoms with E-state index in [-0.39, 0.29) is 0 Å². The van der Waals surface area contributed by atoms with Gasteiger partial charge in [0, 0.05) is 6.42 Å². The van der Waals surface area contributed by atoms with Gasteiger partial charge in [0.25, 0.3) is 0 Å². The zero-order valence-electron chi connectivity index (χ0n) is 8.66. The molecule has 7 nitrogen and oxygen atoms in total. The Balaban J connectivity index is 4.19. The average Bonchev–Trinajstić information content (AvgIpc) is 2.16. The van der Waals surface area contributed by atoms with Crippen LogP contribution < -0.4 is 0 Å². The van der Waals surface area contributed by atoms with Crippen LogP contribution in [0.5, 0.6) is 0 Å². The maximum atomic E-state index is 11.1. The van der Waals surface area contributed by atoms with E-state index >= 15 is 0 Å². The number of ketones is 2. The van der Waals surface area contributed by atoms with Crippen LogP contribution in [0, 0.1) is 0 Å². The third-order valence-corrected chi connectivity index (χ3v) is 1.97. The Morgan fingerprint density at radius 3 is 2.00 bits per heavy atom. The lowest BCUT2D eigenvalue weighted by molar-refractivity contribution is -0.151. The van der Waals surface area contributed by atoms with Crippen molar-refractivity contribution in [3.05, 3.63) is 0 Å². The lowest BCUT2D eigenvalue weighted by atomic mass is 10.0. The maximum absolute atomic E-state index is 11.1. The van der Waals surface area contributed by atoms with Gasteiger partial charge in [-0.3, -0.25) is 9.59 Å². The highest BCUT2D eigenvalue weighted by atomic mass is 16.4. The Labute approximate surface area is 91.3 Å². The minimum Gasteiger partial charge on any atom is -0.475 e. The maximum Gasteiger partial charge on any atom is 0.372 e. The Morgan fingerprint density at radius 2 is 1.62 bits per heavy atom. The molecule has 0 aromatic rings. The second kappa shape index (κ2) is 6.31. The van der Waals surface area contributed by atoms with Crippen LogP contribution in [0.3, 0.4) is 0 Å². The largest absolute Gasteiger partial charge is 0.475 e. The normalized spacial score (nSPS) is 16.2. The van der Waals surface area contributed by atoms with Crippen molar-refractivity contribution >= 4 is 17.5 Å². The summed E-state index contributed by atoms with van der Waals surface area (Å²) in [6.45, 7) is 1.27. The minimum atomic E-state index is -1.75. The number of hydrogen-bond acceptors (Lipinski definition) is 6. The SMILES string of the molecule is CC(O)C(O)CC(O)C(=O)CC(=O)C(=O)O. The molecule has 0 spiro atoms. The van der Waals surface area contributed by atoms with Gasteiger partial charge in [0.05, 0.1) is 18.6 Å². The second-order valence-corrected chi connectivity index (χ2v) is 3.43. The summed E-state index contributed by atoms with van der Waals surface area (Å²) in [6, 6.07) is 0. The number of carbonyl (C=O) groups is 3. The summed E-state index contributed by atoms with van der Waals surface area (Å²) < 4.78 is 0. The zero-order valence-corrected chi connectivity index (χ0v) is 8.66. The molecule has 0 heterocycles. The monoisotopic (exact) mass is 234 g/mol. The van der Waals surface area contributed by atoms with E-state index in [1.165, 1.54) is 6.92 Å². The highest BCUT2D eigenvalue weighted by Gasteiger charge is 2.25. The number of carboxylic acids is 1. The molecule has 0 rings (SSSR count). The quantitative estimate of drug-likeness (QED) is 0.298. The van der Waals surface area contributed by atoms with Gasteiger partial charge in [-0.2, -0.15) is 0 Å². The van der Waals surface area contributed by atoms with Crippen LogP contribution >= 0.6 is 0 Å². The summed E-state index contributed by atoms with van der Waals surface area (Å²) in [5.41, 5.74) is 0. The number of carbonyl (C=O) groups excluding carboxylic acids is 2. The van der Waals surface area contributed by atoms with E-state index in [2.05, 4.69) is 0 Å². The van der Waals surface area contributed by atoms with Gasteiger partial charge in [0.1, 0.15) is 6.10 Å². The highest BCUT2D eigenvalue weighted by molar-refractivity contribution is 6.36. The van der Waals surface area contributed by atoms with E-state index in [4.69, 9.17) is 15.3 Å². The smallest absolute Gasteiger partial charge is 0.372 e. The van der Waals surface area contributed by atoms with Crippen molar-refractivity contribution in [2.24, 2.45) is 0 Å². The first-order chi connectivity index (χ1) is 7.25. The summed E-state index contributed by atoms with van der Waals surface area (Å²) in [5.74, 6) is -4.07. The van der Waals surface area contributed by atoms with E-state index in [0.29, 0.717) is 0 Å². The summed E-state index contributed by atoms with van der Waals surface area (Å²) >= 11 is 0. The number of carboxylic acid groups (broad SMARTS) is 1. The molecule has 0 aliphatic rings. The predicted molar refractivity (Wildman–Crippen MR) is 50.6 cm³/mol. The van der Waals surface area contributed by atoms with Crippen molar-refractivity contribution in [3.8, 4) is 0 Å². The Bertz CT molecular complexity index is 284. The molecule has 4 N–H and O–H groups in total. The molecule has 0 fully saturated rings. The van der Waals surface area contributed by atoms with Crippen LogP contribution in [0.2, 0.25) is 0 Å². The Hall–Kier alpha value is -1.31. The number of aliphatic hydroxyl groups excluding tert-OH is 3. The first kappa shape index (κ1) is 14.7. The van der Waals surface area contributed by atoms with Crippen LogP contribution in [0.1, 0.15) is 19.8 Å². The molecule has 0 saturated carbocycles. The molecule has 0 aliphatic heterocycles. The van der Waals surface area contributed by atoms with Crippen molar-refractivity contribution < 1.29 is 34.8 Å². The van der Waals surface area contributed by atoms with Crippen LogP contribution in [0.4, 0.5) is 0 Å². The fraction of sp³-hybridized carbons (Fsp3) is 0.667. The second-order valence-electron chi connectivity index (χ2n) is 3.43. The third kappa shape index (κ3) is 4.96. The van der Waals surface area contributed by atoms with Crippen molar-refractivity contribution in [1.82, 2.24) is 0 Å². The Morgan fingerprint density at radius 1 is 1.12 bits per heavy atom. The highest BCUT2D eigenvalue weighted by Crippen LogP contribution is 2.06. The van der Waals surface area contributed by atoms with Gasteiger partial charge in [-0.15, -0.1) is 0 Å². The van der Waals surface area contributed by atoms with E-state index in [1.807, 2.05) is 0 Å². The molecule has 0 amide bonds. The number of rotatable bonds is 7. The third-order valence-electron chi connectivity index (χ3n) is 1.97. The van der Waals surface area contributed by atoms with Gasteiger partial charge in [0.15, 0.2) is 5.78 Å². The van der Waals surface area contributed by atoms with Gasteiger partial charge < -0.3 is 20.4 Å². The molecule has 92 valence electrons. The molecular weight excluding hydrogens is 220 g/mol. The fourth-order valence-electron chi connectivity index (χ4n) is 0.909. The molecule has 0 bridgehead atoms. The zero-order chi connectivity index (χ0) is 12.9. The van der Waals surface area contributed by atoms with Crippen LogP contribution in [0.15, 0.2) is 0 Å². The van der Waals surface area contributed by atoms with Gasteiger partial charge >= 0.3 is 5.97 Å². The van der Waals surface area contributed by atoms with E-state index in [0.717, 1.165) is 0 Å². The summed E-state index contributed by atoms with van der Waals surface area (Å²) in [7, 11) is 0. The Kier molecular flexibility index (Phi) is 5.79. The lowest BCUT2D eigenvalue weighted by Crippen LogP contribution is -2.33. The van der Waals surface area contributed by atoms with Gasteiger partial charge in [-0.1, -0.05) is 0 Å². The molecule has 0 aliphatic carbocycles.